The van der Waals surface area contributed by atoms with Gasteiger partial charge in [-0.1, -0.05) is 36.4 Å². The summed E-state index contributed by atoms with van der Waals surface area (Å²) in [6.45, 7) is 1.76. The molecule has 0 N–H and O–H groups in total. The molecule has 158 valence electrons. The van der Waals surface area contributed by atoms with E-state index in [1.165, 1.54) is 34.9 Å². The highest BCUT2D eigenvalue weighted by molar-refractivity contribution is 5.75. The van der Waals surface area contributed by atoms with E-state index in [0.29, 0.717) is 30.2 Å². The number of imidazole rings is 1. The third-order valence-corrected chi connectivity index (χ3v) is 6.00. The lowest BCUT2D eigenvalue weighted by Gasteiger charge is -2.30. The van der Waals surface area contributed by atoms with Gasteiger partial charge < -0.3 is 4.90 Å². The lowest BCUT2D eigenvalue weighted by atomic mass is 10.0. The van der Waals surface area contributed by atoms with E-state index in [2.05, 4.69) is 17.0 Å². The first-order chi connectivity index (χ1) is 14.9. The van der Waals surface area contributed by atoms with Crippen LogP contribution in [0.3, 0.4) is 0 Å². The van der Waals surface area contributed by atoms with E-state index >= 15 is 0 Å². The highest BCUT2D eigenvalue weighted by Crippen LogP contribution is 2.27. The fourth-order valence-corrected chi connectivity index (χ4v) is 4.27. The van der Waals surface area contributed by atoms with Crippen molar-refractivity contribution < 1.29 is 4.39 Å². The molecule has 3 heterocycles. The fraction of sp³-hybridized carbons (Fsp3) is 0.261. The van der Waals surface area contributed by atoms with Gasteiger partial charge in [-0.25, -0.2) is 9.18 Å². The molecule has 2 aromatic carbocycles. The van der Waals surface area contributed by atoms with E-state index in [1.54, 1.807) is 19.2 Å². The molecule has 0 spiro atoms. The molecule has 0 unspecified atom stereocenters. The third kappa shape index (κ3) is 3.15. The Morgan fingerprint density at radius 3 is 2.42 bits per heavy atom. The largest absolute Gasteiger partial charge is 0.337 e. The van der Waals surface area contributed by atoms with Gasteiger partial charge in [-0.15, -0.1) is 0 Å². The smallest absolute Gasteiger partial charge is 0.332 e. The Balaban J connectivity index is 1.71. The number of aromatic nitrogens is 4. The number of halogens is 1. The van der Waals surface area contributed by atoms with Crippen molar-refractivity contribution in [3.63, 3.8) is 0 Å². The van der Waals surface area contributed by atoms with Crippen molar-refractivity contribution in [3.05, 3.63) is 91.9 Å². The molecule has 0 radical (unpaired) electrons. The summed E-state index contributed by atoms with van der Waals surface area (Å²) in [7, 11) is 3.09. The van der Waals surface area contributed by atoms with E-state index < -0.39 is 11.2 Å². The molecule has 0 bridgehead atoms. The van der Waals surface area contributed by atoms with Gasteiger partial charge in [-0.05, 0) is 35.2 Å². The van der Waals surface area contributed by atoms with Crippen LogP contribution >= 0.6 is 0 Å². The van der Waals surface area contributed by atoms with Crippen LogP contribution in [0.2, 0.25) is 0 Å². The van der Waals surface area contributed by atoms with Crippen molar-refractivity contribution in [3.8, 4) is 0 Å². The summed E-state index contributed by atoms with van der Waals surface area (Å²) in [5, 5.41) is 0. The van der Waals surface area contributed by atoms with E-state index in [0.717, 1.165) is 23.1 Å². The average Bonchev–Trinajstić information content (AvgIpc) is 3.16. The van der Waals surface area contributed by atoms with E-state index in [9.17, 15) is 14.0 Å². The van der Waals surface area contributed by atoms with Crippen LogP contribution < -0.4 is 16.1 Å². The molecule has 7 nitrogen and oxygen atoms in total. The molecular weight excluding hydrogens is 397 g/mol. The second-order valence-electron chi connectivity index (χ2n) is 7.94. The maximum atomic E-state index is 13.4. The third-order valence-electron chi connectivity index (χ3n) is 6.00. The van der Waals surface area contributed by atoms with Crippen molar-refractivity contribution in [1.82, 2.24) is 18.7 Å². The minimum Gasteiger partial charge on any atom is -0.337 e. The molecular formula is C23H22FN5O2. The molecule has 31 heavy (non-hydrogen) atoms. The number of anilines is 1. The van der Waals surface area contributed by atoms with Gasteiger partial charge in [0.1, 0.15) is 5.82 Å². The second kappa shape index (κ2) is 7.23. The molecule has 0 saturated carbocycles. The summed E-state index contributed by atoms with van der Waals surface area (Å²) < 4.78 is 17.8. The van der Waals surface area contributed by atoms with Crippen molar-refractivity contribution in [2.75, 3.05) is 11.4 Å². The summed E-state index contributed by atoms with van der Waals surface area (Å²) in [4.78, 5) is 32.4. The number of fused-ring (bicyclic) bond motifs is 2. The van der Waals surface area contributed by atoms with Gasteiger partial charge in [0.25, 0.3) is 5.56 Å². The molecule has 1 aliphatic rings. The van der Waals surface area contributed by atoms with Gasteiger partial charge in [0, 0.05) is 27.2 Å². The van der Waals surface area contributed by atoms with Crippen molar-refractivity contribution in [1.29, 1.82) is 0 Å². The van der Waals surface area contributed by atoms with Crippen LogP contribution in [0, 0.1) is 5.82 Å². The Hall–Kier alpha value is -3.68. The standard InChI is InChI=1S/C23H22FN5O2/c1-26-20-19(21(30)27(2)23(26)31)29(13-15-7-9-18(24)10-8-15)22(25-20)28-12-11-16-5-3-4-6-17(16)14-28/h3-10H,11-14H2,1-2H3. The number of hydrogen-bond donors (Lipinski definition) is 0. The van der Waals surface area contributed by atoms with Crippen molar-refractivity contribution in [2.24, 2.45) is 14.1 Å². The van der Waals surface area contributed by atoms with Crippen LogP contribution in [-0.4, -0.2) is 25.2 Å². The minimum atomic E-state index is -0.417. The SMILES string of the molecule is Cn1c(=O)c2c(nc(N3CCc4ccccc4C3)n2Cc2ccc(F)cc2)n(C)c1=O. The number of nitrogens with zero attached hydrogens (tertiary/aromatic N) is 5. The predicted molar refractivity (Wildman–Crippen MR) is 117 cm³/mol. The van der Waals surface area contributed by atoms with E-state index in [-0.39, 0.29) is 5.82 Å². The van der Waals surface area contributed by atoms with E-state index in [1.807, 2.05) is 16.7 Å². The van der Waals surface area contributed by atoms with Crippen LogP contribution in [0.1, 0.15) is 16.7 Å². The Morgan fingerprint density at radius 1 is 0.968 bits per heavy atom. The zero-order chi connectivity index (χ0) is 21.7. The molecule has 0 saturated heterocycles. The number of rotatable bonds is 3. The maximum absolute atomic E-state index is 13.4. The first-order valence-corrected chi connectivity index (χ1v) is 10.2. The van der Waals surface area contributed by atoms with Gasteiger partial charge in [-0.3, -0.25) is 18.5 Å². The summed E-state index contributed by atoms with van der Waals surface area (Å²) in [6, 6.07) is 14.5. The van der Waals surface area contributed by atoms with Crippen LogP contribution in [-0.2, 0) is 33.6 Å². The quantitative estimate of drug-likeness (QED) is 0.511. The molecule has 0 amide bonds. The van der Waals surface area contributed by atoms with Crippen LogP contribution in [0.4, 0.5) is 10.3 Å². The highest BCUT2D eigenvalue weighted by atomic mass is 19.1. The maximum Gasteiger partial charge on any atom is 0.332 e. The Kier molecular flexibility index (Phi) is 4.50. The molecule has 0 fully saturated rings. The van der Waals surface area contributed by atoms with Crippen LogP contribution in [0.5, 0.6) is 0 Å². The summed E-state index contributed by atoms with van der Waals surface area (Å²) in [5.41, 5.74) is 3.28. The van der Waals surface area contributed by atoms with Crippen LogP contribution in [0.25, 0.3) is 11.2 Å². The molecule has 5 rings (SSSR count). The zero-order valence-corrected chi connectivity index (χ0v) is 17.4. The number of benzene rings is 2. The Morgan fingerprint density at radius 2 is 1.68 bits per heavy atom. The first-order valence-electron chi connectivity index (χ1n) is 10.2. The van der Waals surface area contributed by atoms with Gasteiger partial charge in [-0.2, -0.15) is 4.98 Å². The highest BCUT2D eigenvalue weighted by Gasteiger charge is 2.25. The predicted octanol–water partition coefficient (Wildman–Crippen LogP) is 2.18. The lowest BCUT2D eigenvalue weighted by Crippen LogP contribution is -2.37. The topological polar surface area (TPSA) is 65.1 Å². The van der Waals surface area contributed by atoms with Gasteiger partial charge in [0.15, 0.2) is 11.2 Å². The Labute approximate surface area is 177 Å². The molecule has 4 aromatic rings. The van der Waals surface area contributed by atoms with Gasteiger partial charge in [0.05, 0.1) is 6.54 Å². The second-order valence-corrected chi connectivity index (χ2v) is 7.94. The molecule has 1 aliphatic heterocycles. The number of aryl methyl sites for hydroxylation is 1. The van der Waals surface area contributed by atoms with E-state index in [4.69, 9.17) is 4.98 Å². The van der Waals surface area contributed by atoms with Crippen molar-refractivity contribution in [2.45, 2.75) is 19.5 Å². The van der Waals surface area contributed by atoms with Gasteiger partial charge >= 0.3 is 5.69 Å². The monoisotopic (exact) mass is 419 g/mol. The fourth-order valence-electron chi connectivity index (χ4n) is 4.27. The molecule has 2 aromatic heterocycles. The normalized spacial score (nSPS) is 13.6. The minimum absolute atomic E-state index is 0.314. The average molecular weight is 419 g/mol. The molecule has 0 atom stereocenters. The Bertz CT molecular complexity index is 1420. The molecule has 8 heteroatoms. The molecule has 0 aliphatic carbocycles. The summed E-state index contributed by atoms with van der Waals surface area (Å²) >= 11 is 0. The lowest BCUT2D eigenvalue weighted by molar-refractivity contribution is 0.626. The van der Waals surface area contributed by atoms with Crippen LogP contribution in [0.15, 0.2) is 58.1 Å². The zero-order valence-electron chi connectivity index (χ0n) is 17.4. The van der Waals surface area contributed by atoms with Crippen molar-refractivity contribution >= 4 is 17.1 Å². The summed E-state index contributed by atoms with van der Waals surface area (Å²) in [5.74, 6) is 0.317. The summed E-state index contributed by atoms with van der Waals surface area (Å²) in [6.07, 6.45) is 0.868. The first kappa shape index (κ1) is 19.3. The van der Waals surface area contributed by atoms with Gasteiger partial charge in [0.2, 0.25) is 5.95 Å². The number of hydrogen-bond acceptors (Lipinski definition) is 4.